The van der Waals surface area contributed by atoms with Gasteiger partial charge in [-0.25, -0.2) is 48.3 Å². The van der Waals surface area contributed by atoms with Crippen molar-refractivity contribution in [3.05, 3.63) is 112 Å². The van der Waals surface area contributed by atoms with Crippen molar-refractivity contribution >= 4 is 5.57 Å². The molecule has 13 aliphatic rings. The van der Waals surface area contributed by atoms with E-state index in [1.165, 1.54) is 36.1 Å². The predicted molar refractivity (Wildman–Crippen MR) is 444 cm³/mol. The molecular formula is C100H144F12O4. The topological polar surface area (TPSA) is 36.9 Å². The highest BCUT2D eigenvalue weighted by molar-refractivity contribution is 5.72. The first kappa shape index (κ1) is 91.0. The van der Waals surface area contributed by atoms with E-state index in [0.717, 1.165) is 197 Å². The Morgan fingerprint density at radius 3 is 1.19 bits per heavy atom. The van der Waals surface area contributed by atoms with Gasteiger partial charge in [-0.15, -0.1) is 0 Å². The SMILES string of the molecule is CCCC1CC2C=C(C3CCC(OCC)CC3)C(F)C2C1F.CCCC1CC2C=C(c3ccc(OCC)cc3)C(F)C2C1F.CCCC1CC2CC(C3CCC(OCC)CC3)C(F)C2C1F.CCCC1CC2CC(C3CCC(c4ccc(C)cc4)CC3)C(F)C2C1F.CCCC1CC2CC(c3ccc(OCC)c(F)c3F)C(F)C2C1F. The fourth-order valence-corrected chi connectivity index (χ4v) is 26.2. The van der Waals surface area contributed by atoms with Crippen LogP contribution in [0.5, 0.6) is 11.5 Å². The molecule has 0 aliphatic heterocycles. The number of benzene rings is 3. The number of rotatable bonds is 24. The van der Waals surface area contributed by atoms with E-state index in [1.54, 1.807) is 6.92 Å². The third kappa shape index (κ3) is 20.2. The van der Waals surface area contributed by atoms with Crippen LogP contribution in [0, 0.1) is 137 Å². The highest BCUT2D eigenvalue weighted by atomic mass is 19.2. The van der Waals surface area contributed by atoms with Gasteiger partial charge in [0.1, 0.15) is 67.5 Å². The quantitative estimate of drug-likeness (QED) is 0.0662. The summed E-state index contributed by atoms with van der Waals surface area (Å²) in [5.41, 5.74) is 5.21. The third-order valence-electron chi connectivity index (χ3n) is 31.6. The summed E-state index contributed by atoms with van der Waals surface area (Å²) in [5.74, 6) is -1.18. The highest BCUT2D eigenvalue weighted by Crippen LogP contribution is 2.61. The van der Waals surface area contributed by atoms with E-state index >= 15 is 4.39 Å². The molecule has 0 radical (unpaired) electrons. The van der Waals surface area contributed by atoms with Crippen LogP contribution in [0.4, 0.5) is 52.7 Å². The van der Waals surface area contributed by atoms with Crippen LogP contribution >= 0.6 is 0 Å². The fraction of sp³-hybridized carbons (Fsp3) is 0.780. The summed E-state index contributed by atoms with van der Waals surface area (Å²) >= 11 is 0. The maximum absolute atomic E-state index is 15.2. The van der Waals surface area contributed by atoms with Gasteiger partial charge in [-0.2, -0.15) is 4.39 Å². The van der Waals surface area contributed by atoms with Crippen molar-refractivity contribution in [1.29, 1.82) is 0 Å². The normalized spacial score (nSPS) is 41.0. The van der Waals surface area contributed by atoms with Crippen molar-refractivity contribution < 1.29 is 71.6 Å². The predicted octanol–water partition coefficient (Wildman–Crippen LogP) is 28.4. The standard InChI is InChI=1S/C24H34F2.C19H24F4O.C19H32F2O.C19H30F2O.C19H24F2O/c1-3-4-19-13-20-14-21(24(26)22(20)23(19)25)18-11-9-17(10-12-18)16-7-5-15(2)6-8-16;1-3-5-10-8-11-9-13(17(21)15(11)16(10)20)12-6-7-14(24-4-2)19(23)18(12)22;3*1-3-5-13-10-14-11-16(19(21)17(14)18(13)20)12-6-8-15(9-7-12)22-4-2/h5-8,17-24H,3-4,9-14H2,1-2H3;6-7,10-11,13,15-17H,3-5,8-9H2,1-2H3;12-19H,3-11H2,1-2H3;11-15,17-19H,3-10H2,1-2H3;6-9,11,13-14,17-19H,3-5,10H2,1-2H3. The van der Waals surface area contributed by atoms with Gasteiger partial charge in [0.25, 0.3) is 0 Å². The van der Waals surface area contributed by atoms with Gasteiger partial charge in [0.2, 0.25) is 5.82 Å². The number of aryl methyl sites for hydroxylation is 1. The lowest BCUT2D eigenvalue weighted by Crippen LogP contribution is -2.32. The van der Waals surface area contributed by atoms with E-state index in [2.05, 4.69) is 65.0 Å². The van der Waals surface area contributed by atoms with Gasteiger partial charge in [-0.05, 0) is 336 Å². The molecule has 13 aliphatic carbocycles. The zero-order valence-corrected chi connectivity index (χ0v) is 71.8. The second-order valence-corrected chi connectivity index (χ2v) is 38.3. The summed E-state index contributed by atoms with van der Waals surface area (Å²) in [6.45, 7) is 22.5. The van der Waals surface area contributed by atoms with Gasteiger partial charge in [-0.3, -0.25) is 0 Å². The molecule has 116 heavy (non-hydrogen) atoms. The van der Waals surface area contributed by atoms with Gasteiger partial charge in [0, 0.05) is 48.7 Å². The maximum atomic E-state index is 15.2. The van der Waals surface area contributed by atoms with E-state index in [4.69, 9.17) is 18.9 Å². The van der Waals surface area contributed by atoms with Crippen LogP contribution in [-0.2, 0) is 9.47 Å². The minimum absolute atomic E-state index is 0.0112. The monoisotopic (exact) mass is 1640 g/mol. The van der Waals surface area contributed by atoms with Crippen LogP contribution in [-0.4, -0.2) is 100 Å². The number of halogens is 12. The Morgan fingerprint density at radius 1 is 0.345 bits per heavy atom. The zero-order valence-electron chi connectivity index (χ0n) is 71.8. The average molecular weight is 1640 g/mol. The third-order valence-corrected chi connectivity index (χ3v) is 31.6. The van der Waals surface area contributed by atoms with Crippen LogP contribution in [0.25, 0.3) is 5.57 Å². The summed E-state index contributed by atoms with van der Waals surface area (Å²) in [5, 5.41) is 0. The molecule has 11 fully saturated rings. The summed E-state index contributed by atoms with van der Waals surface area (Å²) in [6.07, 6.45) is 23.2. The molecule has 28 unspecified atom stereocenters. The second-order valence-electron chi connectivity index (χ2n) is 38.3. The largest absolute Gasteiger partial charge is 0.494 e. The van der Waals surface area contributed by atoms with Crippen LogP contribution in [0.3, 0.4) is 0 Å². The Morgan fingerprint density at radius 2 is 0.759 bits per heavy atom. The smallest absolute Gasteiger partial charge is 0.200 e. The summed E-state index contributed by atoms with van der Waals surface area (Å²) in [4.78, 5) is 0. The maximum Gasteiger partial charge on any atom is 0.200 e. The van der Waals surface area contributed by atoms with Crippen LogP contribution in [0.2, 0.25) is 0 Å². The first-order valence-corrected chi connectivity index (χ1v) is 47.0. The Kier molecular flexibility index (Phi) is 33.2. The molecule has 0 bridgehead atoms. The fourth-order valence-electron chi connectivity index (χ4n) is 26.2. The zero-order chi connectivity index (χ0) is 82.8. The van der Waals surface area contributed by atoms with Crippen LogP contribution in [0.15, 0.2) is 78.4 Å². The Balaban J connectivity index is 0.000000134. The molecule has 3 aromatic carbocycles. The highest BCUT2D eigenvalue weighted by Gasteiger charge is 2.60. The lowest BCUT2D eigenvalue weighted by atomic mass is 9.72. The van der Waals surface area contributed by atoms with Crippen LogP contribution in [0.1, 0.15) is 289 Å². The van der Waals surface area contributed by atoms with Gasteiger partial charge in [0.05, 0.1) is 25.4 Å². The summed E-state index contributed by atoms with van der Waals surface area (Å²) in [7, 11) is 0. The molecule has 11 saturated carbocycles. The minimum atomic E-state index is -1.46. The van der Waals surface area contributed by atoms with Crippen molar-refractivity contribution in [2.45, 2.75) is 348 Å². The van der Waals surface area contributed by atoms with Gasteiger partial charge in [-0.1, -0.05) is 127 Å². The molecule has 652 valence electrons. The number of hydrogen-bond donors (Lipinski definition) is 0. The lowest BCUT2D eigenvalue weighted by molar-refractivity contribution is 0.00788. The number of ether oxygens (including phenoxy) is 4. The van der Waals surface area contributed by atoms with Crippen molar-refractivity contribution in [3.8, 4) is 11.5 Å². The van der Waals surface area contributed by atoms with Crippen molar-refractivity contribution in [3.63, 3.8) is 0 Å². The molecule has 0 aromatic heterocycles. The van der Waals surface area contributed by atoms with Crippen LogP contribution < -0.4 is 9.47 Å². The molecule has 16 heteroatoms. The number of allylic oxidation sites excluding steroid dienone is 4. The second kappa shape index (κ2) is 42.3. The average Bonchev–Trinajstić information content (AvgIpc) is 1.59. The molecule has 0 amide bonds. The Hall–Kier alpha value is -4.18. The number of fused-ring (bicyclic) bond motifs is 5. The molecule has 0 spiro atoms. The summed E-state index contributed by atoms with van der Waals surface area (Å²) < 4.78 is 198. The molecule has 16 rings (SSSR count). The first-order valence-electron chi connectivity index (χ1n) is 47.0. The molecule has 28 atom stereocenters. The van der Waals surface area contributed by atoms with E-state index in [-0.39, 0.29) is 94.9 Å². The molecule has 0 saturated heterocycles. The number of alkyl halides is 10. The molecule has 4 nitrogen and oxygen atoms in total. The van der Waals surface area contributed by atoms with Gasteiger partial charge in [0.15, 0.2) is 11.6 Å². The Labute approximate surface area is 689 Å². The molecular weight excluding hydrogens is 1490 g/mol. The van der Waals surface area contributed by atoms with Crippen molar-refractivity contribution in [2.75, 3.05) is 26.4 Å². The van der Waals surface area contributed by atoms with Crippen molar-refractivity contribution in [2.24, 2.45) is 118 Å². The molecule has 0 heterocycles. The first-order chi connectivity index (χ1) is 56.0. The molecule has 0 N–H and O–H groups in total. The minimum Gasteiger partial charge on any atom is -0.494 e. The van der Waals surface area contributed by atoms with Gasteiger partial charge >= 0.3 is 0 Å². The lowest BCUT2D eigenvalue weighted by Gasteiger charge is -2.34. The number of hydrogen-bond acceptors (Lipinski definition) is 4. The summed E-state index contributed by atoms with van der Waals surface area (Å²) in [6, 6.07) is 19.1. The van der Waals surface area contributed by atoms with E-state index in [1.807, 2.05) is 58.0 Å². The van der Waals surface area contributed by atoms with Crippen molar-refractivity contribution in [1.82, 2.24) is 0 Å². The Bertz CT molecular complexity index is 3510. The molecule has 3 aromatic rings. The van der Waals surface area contributed by atoms with E-state index < -0.39 is 91.1 Å². The van der Waals surface area contributed by atoms with Gasteiger partial charge < -0.3 is 18.9 Å². The van der Waals surface area contributed by atoms with E-state index in [9.17, 15) is 48.3 Å². The van der Waals surface area contributed by atoms with E-state index in [0.29, 0.717) is 72.7 Å².